The molecule has 0 aliphatic carbocycles. The molecule has 2 rings (SSSR count). The van der Waals surface area contributed by atoms with Gasteiger partial charge in [-0.15, -0.1) is 0 Å². The monoisotopic (exact) mass is 295 g/mol. The Kier molecular flexibility index (Phi) is 4.82. The number of aliphatic hydroxyl groups excluding tert-OH is 1. The predicted molar refractivity (Wildman–Crippen MR) is 77.9 cm³/mol. The van der Waals surface area contributed by atoms with Crippen LogP contribution in [0.15, 0.2) is 42.5 Å². The molecule has 0 saturated heterocycles. The molecule has 1 atom stereocenters. The van der Waals surface area contributed by atoms with Gasteiger partial charge in [-0.05, 0) is 35.9 Å². The van der Waals surface area contributed by atoms with Crippen LogP contribution < -0.4 is 10.1 Å². The van der Waals surface area contributed by atoms with Crippen LogP contribution in [0.2, 0.25) is 5.02 Å². The number of anilines is 1. The molecular formula is C15H15ClFNO2. The third-order valence-electron chi connectivity index (χ3n) is 2.93. The minimum Gasteiger partial charge on any atom is -0.494 e. The molecule has 0 aliphatic heterocycles. The van der Waals surface area contributed by atoms with Crippen LogP contribution in [0, 0.1) is 5.82 Å². The molecule has 2 aromatic rings. The van der Waals surface area contributed by atoms with Crippen LogP contribution in [0.3, 0.4) is 0 Å². The highest BCUT2D eigenvalue weighted by Gasteiger charge is 2.13. The molecule has 20 heavy (non-hydrogen) atoms. The van der Waals surface area contributed by atoms with Gasteiger partial charge in [0.1, 0.15) is 0 Å². The molecule has 0 spiro atoms. The van der Waals surface area contributed by atoms with Crippen molar-refractivity contribution in [2.75, 3.05) is 19.0 Å². The number of rotatable bonds is 5. The summed E-state index contributed by atoms with van der Waals surface area (Å²) in [5.41, 5.74) is 1.39. The smallest absolute Gasteiger partial charge is 0.165 e. The summed E-state index contributed by atoms with van der Waals surface area (Å²) in [5, 5.41) is 13.2. The van der Waals surface area contributed by atoms with Crippen LogP contribution in [0.4, 0.5) is 10.1 Å². The van der Waals surface area contributed by atoms with E-state index < -0.39 is 11.9 Å². The molecule has 2 aromatic carbocycles. The molecule has 0 heterocycles. The zero-order valence-electron chi connectivity index (χ0n) is 10.9. The lowest BCUT2D eigenvalue weighted by Crippen LogP contribution is -2.15. The standard InChI is InChI=1S/C15H15ClFNO2/c1-20-15-6-5-10(7-13(15)17)14(9-19)18-12-4-2-3-11(16)8-12/h2-8,14,18-19H,9H2,1H3. The van der Waals surface area contributed by atoms with Crippen LogP contribution in [0.5, 0.6) is 5.75 Å². The maximum Gasteiger partial charge on any atom is 0.165 e. The molecule has 3 nitrogen and oxygen atoms in total. The van der Waals surface area contributed by atoms with E-state index in [2.05, 4.69) is 5.32 Å². The molecule has 0 radical (unpaired) electrons. The van der Waals surface area contributed by atoms with Gasteiger partial charge in [-0.25, -0.2) is 4.39 Å². The van der Waals surface area contributed by atoms with E-state index in [9.17, 15) is 9.50 Å². The van der Waals surface area contributed by atoms with Gasteiger partial charge in [-0.2, -0.15) is 0 Å². The van der Waals surface area contributed by atoms with E-state index in [0.717, 1.165) is 5.69 Å². The summed E-state index contributed by atoms with van der Waals surface area (Å²) in [6.45, 7) is -0.168. The quantitative estimate of drug-likeness (QED) is 0.885. The maximum atomic E-state index is 13.7. The SMILES string of the molecule is COc1ccc(C(CO)Nc2cccc(Cl)c2)cc1F. The predicted octanol–water partition coefficient (Wildman–Crippen LogP) is 3.63. The average Bonchev–Trinajstić information content (AvgIpc) is 2.44. The highest BCUT2D eigenvalue weighted by molar-refractivity contribution is 6.30. The first-order valence-electron chi connectivity index (χ1n) is 6.10. The second kappa shape index (κ2) is 6.59. The minimum atomic E-state index is -0.462. The van der Waals surface area contributed by atoms with Crippen LogP contribution in [-0.4, -0.2) is 18.8 Å². The zero-order valence-corrected chi connectivity index (χ0v) is 11.7. The molecule has 0 saturated carbocycles. The van der Waals surface area contributed by atoms with Crippen LogP contribution in [0.25, 0.3) is 0 Å². The molecule has 1 unspecified atom stereocenters. The normalized spacial score (nSPS) is 12.0. The van der Waals surface area contributed by atoms with Crippen molar-refractivity contribution in [3.63, 3.8) is 0 Å². The first kappa shape index (κ1) is 14.6. The summed E-state index contributed by atoms with van der Waals surface area (Å²) < 4.78 is 18.6. The number of methoxy groups -OCH3 is 1. The van der Waals surface area contributed by atoms with Crippen molar-refractivity contribution in [3.8, 4) is 5.75 Å². The third-order valence-corrected chi connectivity index (χ3v) is 3.16. The van der Waals surface area contributed by atoms with Crippen molar-refractivity contribution in [1.82, 2.24) is 0 Å². The third kappa shape index (κ3) is 3.40. The fourth-order valence-corrected chi connectivity index (χ4v) is 2.10. The highest BCUT2D eigenvalue weighted by atomic mass is 35.5. The van der Waals surface area contributed by atoms with E-state index >= 15 is 0 Å². The van der Waals surface area contributed by atoms with Crippen molar-refractivity contribution in [2.24, 2.45) is 0 Å². The van der Waals surface area contributed by atoms with Gasteiger partial charge in [0.2, 0.25) is 0 Å². The van der Waals surface area contributed by atoms with E-state index in [-0.39, 0.29) is 12.4 Å². The van der Waals surface area contributed by atoms with Crippen molar-refractivity contribution in [3.05, 3.63) is 58.9 Å². The second-order valence-electron chi connectivity index (χ2n) is 4.28. The molecular weight excluding hydrogens is 281 g/mol. The largest absolute Gasteiger partial charge is 0.494 e. The van der Waals surface area contributed by atoms with Crippen molar-refractivity contribution < 1.29 is 14.2 Å². The Bertz CT molecular complexity index is 592. The number of hydrogen-bond acceptors (Lipinski definition) is 3. The average molecular weight is 296 g/mol. The molecule has 0 aromatic heterocycles. The van der Waals surface area contributed by atoms with Crippen LogP contribution >= 0.6 is 11.6 Å². The van der Waals surface area contributed by atoms with Gasteiger partial charge in [0, 0.05) is 10.7 Å². The van der Waals surface area contributed by atoms with E-state index in [0.29, 0.717) is 10.6 Å². The molecule has 2 N–H and O–H groups in total. The van der Waals surface area contributed by atoms with E-state index in [1.807, 2.05) is 6.07 Å². The van der Waals surface area contributed by atoms with E-state index in [1.165, 1.54) is 19.2 Å². The Morgan fingerprint density at radius 1 is 1.30 bits per heavy atom. The number of benzene rings is 2. The summed E-state index contributed by atoms with van der Waals surface area (Å²) in [4.78, 5) is 0. The number of ether oxygens (including phenoxy) is 1. The van der Waals surface area contributed by atoms with Crippen LogP contribution in [0.1, 0.15) is 11.6 Å². The number of nitrogens with one attached hydrogen (secondary N) is 1. The van der Waals surface area contributed by atoms with Crippen molar-refractivity contribution in [2.45, 2.75) is 6.04 Å². The first-order valence-corrected chi connectivity index (χ1v) is 6.48. The Labute approximate surface area is 122 Å². The summed E-state index contributed by atoms with van der Waals surface area (Å²) in [7, 11) is 1.41. The van der Waals surface area contributed by atoms with Gasteiger partial charge >= 0.3 is 0 Å². The van der Waals surface area contributed by atoms with Crippen LogP contribution in [-0.2, 0) is 0 Å². The molecule has 0 aliphatic rings. The summed E-state index contributed by atoms with van der Waals surface area (Å²) in [5.74, 6) is -0.287. The van der Waals surface area contributed by atoms with Gasteiger partial charge in [0.25, 0.3) is 0 Å². The minimum absolute atomic E-state index is 0.168. The fraction of sp³-hybridized carbons (Fsp3) is 0.200. The maximum absolute atomic E-state index is 13.7. The van der Waals surface area contributed by atoms with Gasteiger partial charge < -0.3 is 15.2 Å². The Morgan fingerprint density at radius 3 is 2.70 bits per heavy atom. The number of halogens is 2. The molecule has 0 fully saturated rings. The summed E-state index contributed by atoms with van der Waals surface area (Å²) >= 11 is 5.90. The Morgan fingerprint density at radius 2 is 2.10 bits per heavy atom. The lowest BCUT2D eigenvalue weighted by Gasteiger charge is -2.18. The first-order chi connectivity index (χ1) is 9.63. The molecule has 5 heteroatoms. The van der Waals surface area contributed by atoms with Crippen molar-refractivity contribution in [1.29, 1.82) is 0 Å². The molecule has 0 amide bonds. The number of hydrogen-bond donors (Lipinski definition) is 2. The topological polar surface area (TPSA) is 41.5 Å². The Hall–Kier alpha value is -1.78. The summed E-state index contributed by atoms with van der Waals surface area (Å²) in [6, 6.07) is 11.3. The second-order valence-corrected chi connectivity index (χ2v) is 4.72. The Balaban J connectivity index is 2.22. The fourth-order valence-electron chi connectivity index (χ4n) is 1.91. The van der Waals surface area contributed by atoms with E-state index in [4.69, 9.17) is 16.3 Å². The van der Waals surface area contributed by atoms with Gasteiger partial charge in [-0.3, -0.25) is 0 Å². The number of aliphatic hydroxyl groups is 1. The lowest BCUT2D eigenvalue weighted by molar-refractivity contribution is 0.276. The van der Waals surface area contributed by atoms with Gasteiger partial charge in [0.15, 0.2) is 11.6 Å². The molecule has 106 valence electrons. The lowest BCUT2D eigenvalue weighted by atomic mass is 10.1. The summed E-state index contributed by atoms with van der Waals surface area (Å²) in [6.07, 6.45) is 0. The van der Waals surface area contributed by atoms with Crippen molar-refractivity contribution >= 4 is 17.3 Å². The van der Waals surface area contributed by atoms with Gasteiger partial charge in [0.05, 0.1) is 19.8 Å². The zero-order chi connectivity index (χ0) is 14.5. The molecule has 0 bridgehead atoms. The van der Waals surface area contributed by atoms with E-state index in [1.54, 1.807) is 24.3 Å². The van der Waals surface area contributed by atoms with Gasteiger partial charge in [-0.1, -0.05) is 23.7 Å². The highest BCUT2D eigenvalue weighted by Crippen LogP contribution is 2.25.